The normalized spacial score (nSPS) is 29.3. The fraction of sp³-hybridized carbons (Fsp3) is 0.938. The summed E-state index contributed by atoms with van der Waals surface area (Å²) in [5.74, 6) is -0.501. The maximum atomic E-state index is 11.3. The lowest BCUT2D eigenvalue weighted by molar-refractivity contribution is -0.150. The van der Waals surface area contributed by atoms with Crippen LogP contribution in [0, 0.1) is 17.3 Å². The second-order valence-corrected chi connectivity index (χ2v) is 6.78. The summed E-state index contributed by atoms with van der Waals surface area (Å²) in [7, 11) is 0. The van der Waals surface area contributed by atoms with Crippen LogP contribution in [0.3, 0.4) is 0 Å². The minimum Gasteiger partial charge on any atom is -0.481 e. The van der Waals surface area contributed by atoms with Gasteiger partial charge in [-0.1, -0.05) is 33.6 Å². The van der Waals surface area contributed by atoms with Crippen molar-refractivity contribution >= 4 is 5.97 Å². The summed E-state index contributed by atoms with van der Waals surface area (Å²) < 4.78 is 0. The molecule has 0 aromatic rings. The molecule has 0 aromatic heterocycles. The lowest BCUT2D eigenvalue weighted by Gasteiger charge is -2.46. The van der Waals surface area contributed by atoms with E-state index in [0.29, 0.717) is 12.0 Å². The Morgan fingerprint density at radius 2 is 1.85 bits per heavy atom. The minimum atomic E-state index is -0.649. The monoisotopic (exact) mass is 285 g/mol. The first kappa shape index (κ1) is 17.4. The van der Waals surface area contributed by atoms with Gasteiger partial charge in [0.2, 0.25) is 0 Å². The van der Waals surface area contributed by atoms with Crippen LogP contribution in [-0.2, 0) is 4.79 Å². The quantitative estimate of drug-likeness (QED) is 0.600. The Kier molecular flexibility index (Phi) is 6.96. The molecule has 3 N–H and O–H groups in total. The fourth-order valence-corrected chi connectivity index (χ4v) is 3.40. The minimum absolute atomic E-state index is 0.154. The number of aliphatic hydroxyl groups is 1. The van der Waals surface area contributed by atoms with Crippen LogP contribution in [-0.4, -0.2) is 35.4 Å². The van der Waals surface area contributed by atoms with Crippen LogP contribution in [0.4, 0.5) is 0 Å². The molecule has 1 rings (SSSR count). The van der Waals surface area contributed by atoms with Crippen molar-refractivity contribution in [3.8, 4) is 0 Å². The Morgan fingerprint density at radius 1 is 1.20 bits per heavy atom. The van der Waals surface area contributed by atoms with Gasteiger partial charge >= 0.3 is 5.97 Å². The van der Waals surface area contributed by atoms with Crippen molar-refractivity contribution in [2.45, 2.75) is 65.3 Å². The Hall–Kier alpha value is -0.610. The van der Waals surface area contributed by atoms with Crippen molar-refractivity contribution in [3.63, 3.8) is 0 Å². The Labute approximate surface area is 123 Å². The molecule has 4 nitrogen and oxygen atoms in total. The summed E-state index contributed by atoms with van der Waals surface area (Å²) >= 11 is 0. The molecule has 0 bridgehead atoms. The smallest absolute Gasteiger partial charge is 0.307 e. The van der Waals surface area contributed by atoms with Crippen LogP contribution in [0.2, 0.25) is 0 Å². The van der Waals surface area contributed by atoms with E-state index in [0.717, 1.165) is 45.1 Å². The maximum Gasteiger partial charge on any atom is 0.307 e. The molecule has 3 unspecified atom stereocenters. The number of carboxylic acid groups (broad SMARTS) is 1. The van der Waals surface area contributed by atoms with Crippen LogP contribution < -0.4 is 5.32 Å². The average Bonchev–Trinajstić information content (AvgIpc) is 2.38. The predicted octanol–water partition coefficient (Wildman–Crippen LogP) is 2.65. The van der Waals surface area contributed by atoms with Crippen LogP contribution in [0.15, 0.2) is 0 Å². The first-order valence-corrected chi connectivity index (χ1v) is 7.98. The first-order valence-electron chi connectivity index (χ1n) is 7.98. The molecular formula is C16H31NO3. The summed E-state index contributed by atoms with van der Waals surface area (Å²) in [6.07, 6.45) is 5.99. The number of aliphatic carboxylic acids is 1. The maximum absolute atomic E-state index is 11.3. The molecular weight excluding hydrogens is 254 g/mol. The molecule has 0 aliphatic heterocycles. The van der Waals surface area contributed by atoms with Crippen molar-refractivity contribution in [2.24, 2.45) is 17.3 Å². The highest BCUT2D eigenvalue weighted by molar-refractivity contribution is 5.71. The van der Waals surface area contributed by atoms with E-state index in [1.165, 1.54) is 0 Å². The topological polar surface area (TPSA) is 69.6 Å². The molecule has 1 aliphatic carbocycles. The number of aliphatic hydroxyl groups excluding tert-OH is 1. The second kappa shape index (κ2) is 7.99. The van der Waals surface area contributed by atoms with E-state index >= 15 is 0 Å². The molecule has 0 saturated heterocycles. The summed E-state index contributed by atoms with van der Waals surface area (Å²) in [5.41, 5.74) is -0.154. The highest BCUT2D eigenvalue weighted by atomic mass is 16.4. The highest BCUT2D eigenvalue weighted by Crippen LogP contribution is 2.45. The number of hydrogen-bond acceptors (Lipinski definition) is 3. The van der Waals surface area contributed by atoms with Gasteiger partial charge in [0.15, 0.2) is 0 Å². The van der Waals surface area contributed by atoms with Gasteiger partial charge in [-0.15, -0.1) is 0 Å². The van der Waals surface area contributed by atoms with Crippen molar-refractivity contribution in [3.05, 3.63) is 0 Å². The third-order valence-electron chi connectivity index (χ3n) is 5.23. The zero-order valence-electron chi connectivity index (χ0n) is 13.2. The summed E-state index contributed by atoms with van der Waals surface area (Å²) in [6.45, 7) is 7.64. The van der Waals surface area contributed by atoms with Gasteiger partial charge in [0.05, 0.1) is 5.92 Å². The summed E-state index contributed by atoms with van der Waals surface area (Å²) in [6, 6.07) is 0.429. The standard InChI is InChI=1S/C16H31NO3/c1-12-14(17-10-6-4-5-7-11-18)9-8-13(15(19)20)16(12,2)3/h12-14,17-18H,4-11H2,1-3H3,(H,19,20). The van der Waals surface area contributed by atoms with Crippen molar-refractivity contribution in [1.29, 1.82) is 0 Å². The van der Waals surface area contributed by atoms with Gasteiger partial charge in [0.1, 0.15) is 0 Å². The molecule has 1 saturated carbocycles. The molecule has 0 radical (unpaired) electrons. The molecule has 4 heteroatoms. The van der Waals surface area contributed by atoms with E-state index < -0.39 is 5.97 Å². The number of rotatable bonds is 8. The lowest BCUT2D eigenvalue weighted by atomic mass is 9.61. The summed E-state index contributed by atoms with van der Waals surface area (Å²) in [4.78, 5) is 11.3. The fourth-order valence-electron chi connectivity index (χ4n) is 3.40. The number of hydrogen-bond donors (Lipinski definition) is 3. The van der Waals surface area contributed by atoms with Crippen molar-refractivity contribution in [1.82, 2.24) is 5.32 Å². The van der Waals surface area contributed by atoms with Gasteiger partial charge < -0.3 is 15.5 Å². The van der Waals surface area contributed by atoms with E-state index in [-0.39, 0.29) is 17.9 Å². The number of unbranched alkanes of at least 4 members (excludes halogenated alkanes) is 3. The van der Waals surface area contributed by atoms with Crippen LogP contribution >= 0.6 is 0 Å². The molecule has 20 heavy (non-hydrogen) atoms. The molecule has 0 spiro atoms. The zero-order chi connectivity index (χ0) is 15.2. The molecule has 0 aromatic carbocycles. The largest absolute Gasteiger partial charge is 0.481 e. The Bertz CT molecular complexity index is 304. The van der Waals surface area contributed by atoms with Gasteiger partial charge in [-0.2, -0.15) is 0 Å². The SMILES string of the molecule is CC1C(NCCCCCCO)CCC(C(=O)O)C1(C)C. The van der Waals surface area contributed by atoms with E-state index in [4.69, 9.17) is 5.11 Å². The van der Waals surface area contributed by atoms with E-state index in [1.54, 1.807) is 0 Å². The third-order valence-corrected chi connectivity index (χ3v) is 5.23. The predicted molar refractivity (Wildman–Crippen MR) is 80.6 cm³/mol. The van der Waals surface area contributed by atoms with Gasteiger partial charge in [-0.3, -0.25) is 4.79 Å². The molecule has 1 fully saturated rings. The van der Waals surface area contributed by atoms with Gasteiger partial charge in [-0.05, 0) is 43.6 Å². The number of nitrogens with one attached hydrogen (secondary N) is 1. The second-order valence-electron chi connectivity index (χ2n) is 6.78. The molecule has 0 heterocycles. The van der Waals surface area contributed by atoms with Crippen LogP contribution in [0.1, 0.15) is 59.3 Å². The molecule has 1 aliphatic rings. The Balaban J connectivity index is 2.36. The lowest BCUT2D eigenvalue weighted by Crippen LogP contribution is -2.51. The van der Waals surface area contributed by atoms with Gasteiger partial charge in [0, 0.05) is 12.6 Å². The van der Waals surface area contributed by atoms with Gasteiger partial charge in [-0.25, -0.2) is 0 Å². The van der Waals surface area contributed by atoms with E-state index in [1.807, 2.05) is 0 Å². The highest BCUT2D eigenvalue weighted by Gasteiger charge is 2.45. The third kappa shape index (κ3) is 4.45. The van der Waals surface area contributed by atoms with E-state index in [2.05, 4.69) is 26.1 Å². The molecule has 0 amide bonds. The first-order chi connectivity index (χ1) is 9.41. The molecule has 118 valence electrons. The Morgan fingerprint density at radius 3 is 2.45 bits per heavy atom. The van der Waals surface area contributed by atoms with Gasteiger partial charge in [0.25, 0.3) is 0 Å². The van der Waals surface area contributed by atoms with Crippen molar-refractivity contribution < 1.29 is 15.0 Å². The number of carboxylic acids is 1. The van der Waals surface area contributed by atoms with Crippen LogP contribution in [0.25, 0.3) is 0 Å². The zero-order valence-corrected chi connectivity index (χ0v) is 13.2. The van der Waals surface area contributed by atoms with E-state index in [9.17, 15) is 9.90 Å². The number of carbonyl (C=O) groups is 1. The van der Waals surface area contributed by atoms with Crippen LogP contribution in [0.5, 0.6) is 0 Å². The molecule has 3 atom stereocenters. The summed E-state index contributed by atoms with van der Waals surface area (Å²) in [5, 5.41) is 21.7. The average molecular weight is 285 g/mol. The van der Waals surface area contributed by atoms with Crippen molar-refractivity contribution in [2.75, 3.05) is 13.2 Å².